The summed E-state index contributed by atoms with van der Waals surface area (Å²) in [6.45, 7) is 4.86. The third-order valence-corrected chi connectivity index (χ3v) is 5.70. The maximum atomic E-state index is 12.8. The number of rotatable bonds is 9. The summed E-state index contributed by atoms with van der Waals surface area (Å²) in [6, 6.07) is 4.62. The molecule has 120 valence electrons. The van der Waals surface area contributed by atoms with Crippen LogP contribution in [-0.4, -0.2) is 30.9 Å². The smallest absolute Gasteiger partial charge is 0.244 e. The highest BCUT2D eigenvalue weighted by atomic mass is 35.5. The fraction of sp³-hybridized carbons (Fsp3) is 0.600. The van der Waals surface area contributed by atoms with Crippen molar-refractivity contribution >= 4 is 21.6 Å². The maximum Gasteiger partial charge on any atom is 0.244 e. The number of aliphatic hydroxyl groups excluding tert-OH is 1. The summed E-state index contributed by atoms with van der Waals surface area (Å²) in [5.41, 5.74) is 0.545. The van der Waals surface area contributed by atoms with Crippen LogP contribution in [0.5, 0.6) is 0 Å². The second kappa shape index (κ2) is 8.73. The van der Waals surface area contributed by atoms with Gasteiger partial charge < -0.3 is 5.11 Å². The Morgan fingerprint density at radius 1 is 1.14 bits per heavy atom. The van der Waals surface area contributed by atoms with Gasteiger partial charge in [0.1, 0.15) is 4.90 Å². The average Bonchev–Trinajstić information content (AvgIpc) is 2.47. The van der Waals surface area contributed by atoms with Crippen LogP contribution < -0.4 is 0 Å². The van der Waals surface area contributed by atoms with Crippen LogP contribution in [0.3, 0.4) is 0 Å². The van der Waals surface area contributed by atoms with Gasteiger partial charge in [-0.2, -0.15) is 4.31 Å². The predicted octanol–water partition coefficient (Wildman–Crippen LogP) is 3.42. The summed E-state index contributed by atoms with van der Waals surface area (Å²) in [5.74, 6) is 0. The molecule has 0 amide bonds. The van der Waals surface area contributed by atoms with Crippen LogP contribution in [0.4, 0.5) is 0 Å². The molecule has 0 spiro atoms. The predicted molar refractivity (Wildman–Crippen MR) is 85.9 cm³/mol. The summed E-state index contributed by atoms with van der Waals surface area (Å²) in [5, 5.41) is 9.39. The molecule has 0 aliphatic rings. The number of sulfonamides is 1. The molecule has 6 heteroatoms. The van der Waals surface area contributed by atoms with Crippen LogP contribution in [0.25, 0.3) is 0 Å². The average molecular weight is 334 g/mol. The van der Waals surface area contributed by atoms with E-state index in [2.05, 4.69) is 0 Å². The molecule has 21 heavy (non-hydrogen) atoms. The Hall–Kier alpha value is -0.620. The fourth-order valence-electron chi connectivity index (χ4n) is 2.00. The number of hydrogen-bond acceptors (Lipinski definition) is 3. The van der Waals surface area contributed by atoms with E-state index in [9.17, 15) is 13.5 Å². The zero-order valence-corrected chi connectivity index (χ0v) is 14.3. The SMILES string of the molecule is CCCCN(CCCC)S(=O)(=O)c1cc(CO)ccc1Cl. The van der Waals surface area contributed by atoms with Crippen LogP contribution in [-0.2, 0) is 16.6 Å². The van der Waals surface area contributed by atoms with Crippen molar-refractivity contribution in [3.63, 3.8) is 0 Å². The van der Waals surface area contributed by atoms with Gasteiger partial charge in [0, 0.05) is 13.1 Å². The first kappa shape index (κ1) is 18.4. The number of halogens is 1. The molecule has 1 N–H and O–H groups in total. The van der Waals surface area contributed by atoms with Gasteiger partial charge in [-0.25, -0.2) is 8.42 Å². The highest BCUT2D eigenvalue weighted by molar-refractivity contribution is 7.89. The van der Waals surface area contributed by atoms with Crippen LogP contribution in [0.2, 0.25) is 5.02 Å². The van der Waals surface area contributed by atoms with E-state index in [1.165, 1.54) is 16.4 Å². The molecule has 0 heterocycles. The summed E-state index contributed by atoms with van der Waals surface area (Å²) < 4.78 is 27.1. The van der Waals surface area contributed by atoms with Crippen molar-refractivity contribution < 1.29 is 13.5 Å². The molecule has 0 atom stereocenters. The molecule has 1 aromatic carbocycles. The molecule has 0 fully saturated rings. The first-order chi connectivity index (χ1) is 9.97. The van der Waals surface area contributed by atoms with Gasteiger partial charge in [0.2, 0.25) is 10.0 Å². The van der Waals surface area contributed by atoms with Crippen LogP contribution in [0.15, 0.2) is 23.1 Å². The van der Waals surface area contributed by atoms with Crippen LogP contribution in [0.1, 0.15) is 45.1 Å². The Morgan fingerprint density at radius 3 is 2.19 bits per heavy atom. The Kier molecular flexibility index (Phi) is 7.66. The minimum atomic E-state index is -3.62. The summed E-state index contributed by atoms with van der Waals surface area (Å²) in [6.07, 6.45) is 3.51. The number of benzene rings is 1. The van der Waals surface area contributed by atoms with E-state index in [0.717, 1.165) is 25.7 Å². The highest BCUT2D eigenvalue weighted by Gasteiger charge is 2.26. The molecule has 0 aliphatic carbocycles. The molecule has 0 aromatic heterocycles. The molecule has 4 nitrogen and oxygen atoms in total. The third kappa shape index (κ3) is 4.95. The molecular formula is C15H24ClNO3S. The summed E-state index contributed by atoms with van der Waals surface area (Å²) in [4.78, 5) is 0.0860. The van der Waals surface area contributed by atoms with E-state index in [1.54, 1.807) is 6.07 Å². The first-order valence-corrected chi connectivity index (χ1v) is 9.18. The van der Waals surface area contributed by atoms with Crippen molar-refractivity contribution in [1.29, 1.82) is 0 Å². The van der Waals surface area contributed by atoms with E-state index < -0.39 is 10.0 Å². The lowest BCUT2D eigenvalue weighted by Gasteiger charge is -2.22. The molecule has 1 aromatic rings. The molecule has 0 bridgehead atoms. The second-order valence-corrected chi connectivity index (χ2v) is 7.35. The number of unbranched alkanes of at least 4 members (excludes halogenated alkanes) is 2. The van der Waals surface area contributed by atoms with Gasteiger partial charge in [-0.15, -0.1) is 0 Å². The first-order valence-electron chi connectivity index (χ1n) is 7.36. The maximum absolute atomic E-state index is 12.8. The van der Waals surface area contributed by atoms with Gasteiger partial charge in [0.05, 0.1) is 11.6 Å². The minimum Gasteiger partial charge on any atom is -0.392 e. The summed E-state index contributed by atoms with van der Waals surface area (Å²) >= 11 is 6.06. The number of aliphatic hydroxyl groups is 1. The number of nitrogens with zero attached hydrogens (tertiary/aromatic N) is 1. The highest BCUT2D eigenvalue weighted by Crippen LogP contribution is 2.26. The van der Waals surface area contributed by atoms with Gasteiger partial charge in [0.25, 0.3) is 0 Å². The van der Waals surface area contributed by atoms with Gasteiger partial charge in [0.15, 0.2) is 0 Å². The number of hydrogen-bond donors (Lipinski definition) is 1. The largest absolute Gasteiger partial charge is 0.392 e. The molecule has 1 rings (SSSR count). The Balaban J connectivity index is 3.14. The zero-order valence-electron chi connectivity index (χ0n) is 12.7. The lowest BCUT2D eigenvalue weighted by Crippen LogP contribution is -2.33. The molecule has 0 saturated heterocycles. The standard InChI is InChI=1S/C15H24ClNO3S/c1-3-5-9-17(10-6-4-2)21(19,20)15-11-13(12-18)7-8-14(15)16/h7-8,11,18H,3-6,9-10,12H2,1-2H3. The normalized spacial score (nSPS) is 12.0. The second-order valence-electron chi connectivity index (χ2n) is 5.03. The lowest BCUT2D eigenvalue weighted by molar-refractivity contribution is 0.281. The van der Waals surface area contributed by atoms with E-state index in [1.807, 2.05) is 13.8 Å². The van der Waals surface area contributed by atoms with E-state index in [-0.39, 0.29) is 16.5 Å². The van der Waals surface area contributed by atoms with Crippen molar-refractivity contribution in [1.82, 2.24) is 4.31 Å². The van der Waals surface area contributed by atoms with Crippen molar-refractivity contribution in [3.05, 3.63) is 28.8 Å². The Labute approximate surface area is 132 Å². The zero-order chi connectivity index (χ0) is 15.9. The Morgan fingerprint density at radius 2 is 1.71 bits per heavy atom. The van der Waals surface area contributed by atoms with Crippen molar-refractivity contribution in [2.24, 2.45) is 0 Å². The van der Waals surface area contributed by atoms with Crippen molar-refractivity contribution in [2.45, 2.75) is 51.0 Å². The van der Waals surface area contributed by atoms with Gasteiger partial charge >= 0.3 is 0 Å². The van der Waals surface area contributed by atoms with E-state index >= 15 is 0 Å². The summed E-state index contributed by atoms with van der Waals surface area (Å²) in [7, 11) is -3.62. The van der Waals surface area contributed by atoms with E-state index in [0.29, 0.717) is 18.7 Å². The molecule has 0 radical (unpaired) electrons. The molecule has 0 saturated carbocycles. The van der Waals surface area contributed by atoms with E-state index in [4.69, 9.17) is 11.6 Å². The topological polar surface area (TPSA) is 57.6 Å². The van der Waals surface area contributed by atoms with Crippen molar-refractivity contribution in [3.8, 4) is 0 Å². The van der Waals surface area contributed by atoms with Gasteiger partial charge in [-0.05, 0) is 30.5 Å². The minimum absolute atomic E-state index is 0.0860. The van der Waals surface area contributed by atoms with Gasteiger partial charge in [-0.1, -0.05) is 44.4 Å². The fourth-order valence-corrected chi connectivity index (χ4v) is 4.05. The van der Waals surface area contributed by atoms with Crippen molar-refractivity contribution in [2.75, 3.05) is 13.1 Å². The molecular weight excluding hydrogens is 310 g/mol. The molecule has 0 aliphatic heterocycles. The van der Waals surface area contributed by atoms with Crippen LogP contribution in [0, 0.1) is 0 Å². The molecule has 0 unspecified atom stereocenters. The van der Waals surface area contributed by atoms with Gasteiger partial charge in [-0.3, -0.25) is 0 Å². The quantitative estimate of drug-likeness (QED) is 0.753. The lowest BCUT2D eigenvalue weighted by atomic mass is 10.2. The van der Waals surface area contributed by atoms with Crippen LogP contribution >= 0.6 is 11.6 Å². The monoisotopic (exact) mass is 333 g/mol. The Bertz CT molecular complexity index is 538. The third-order valence-electron chi connectivity index (χ3n) is 3.32.